The molecule has 7 heteroatoms. The molecule has 0 radical (unpaired) electrons. The summed E-state index contributed by atoms with van der Waals surface area (Å²) < 4.78 is 7.97. The molecule has 1 N–H and O–H groups in total. The lowest BCUT2D eigenvalue weighted by Gasteiger charge is -2.42. The highest BCUT2D eigenvalue weighted by atomic mass is 127. The smallest absolute Gasteiger partial charge is 0.193 e. The molecule has 170 valence electrons. The highest BCUT2D eigenvalue weighted by molar-refractivity contribution is 14.0. The highest BCUT2D eigenvalue weighted by Crippen LogP contribution is 2.36. The van der Waals surface area contributed by atoms with E-state index in [1.165, 1.54) is 11.1 Å². The SMILES string of the molecule is CN=C(NCC1(c2ccccc2C)CCOCC1)N1CCC(C)C(n2ccnc2)C1.I. The molecule has 2 aliphatic heterocycles. The molecule has 2 fully saturated rings. The Balaban J connectivity index is 0.00000272. The quantitative estimate of drug-likeness (QED) is 0.364. The van der Waals surface area contributed by atoms with Gasteiger partial charge < -0.3 is 19.5 Å². The first kappa shape index (κ1) is 24.0. The first-order chi connectivity index (χ1) is 14.6. The van der Waals surface area contributed by atoms with E-state index < -0.39 is 0 Å². The molecule has 1 aromatic carbocycles. The number of aromatic nitrogens is 2. The summed E-state index contributed by atoms with van der Waals surface area (Å²) in [5.41, 5.74) is 2.90. The molecule has 6 nitrogen and oxygen atoms in total. The van der Waals surface area contributed by atoms with Crippen molar-refractivity contribution >= 4 is 29.9 Å². The van der Waals surface area contributed by atoms with Crippen LogP contribution in [-0.4, -0.2) is 60.3 Å². The third kappa shape index (κ3) is 5.25. The Morgan fingerprint density at radius 1 is 1.29 bits per heavy atom. The molecular weight excluding hydrogens is 501 g/mol. The predicted octanol–water partition coefficient (Wildman–Crippen LogP) is 4.02. The van der Waals surface area contributed by atoms with Crippen molar-refractivity contribution in [1.82, 2.24) is 19.8 Å². The predicted molar refractivity (Wildman–Crippen MR) is 136 cm³/mol. The fraction of sp³-hybridized carbons (Fsp3) is 0.583. The molecule has 2 unspecified atom stereocenters. The van der Waals surface area contributed by atoms with Crippen molar-refractivity contribution < 1.29 is 4.74 Å². The molecule has 3 heterocycles. The van der Waals surface area contributed by atoms with Crippen molar-refractivity contribution in [2.75, 3.05) is 39.9 Å². The van der Waals surface area contributed by atoms with Crippen molar-refractivity contribution in [3.8, 4) is 0 Å². The maximum absolute atomic E-state index is 5.73. The van der Waals surface area contributed by atoms with E-state index in [2.05, 4.69) is 69.1 Å². The standard InChI is InChI=1S/C24H35N5O.HI/c1-19-6-4-5-7-21(19)24(9-14-30-15-10-24)17-27-23(25-3)28-12-8-20(2)22(16-28)29-13-11-26-18-29;/h4-7,11,13,18,20,22H,8-10,12,14-17H2,1-3H3,(H,25,27);1H. The number of hydrogen-bond acceptors (Lipinski definition) is 3. The number of halogens is 1. The van der Waals surface area contributed by atoms with Gasteiger partial charge in [0.1, 0.15) is 0 Å². The molecule has 1 aromatic heterocycles. The molecule has 0 aliphatic carbocycles. The van der Waals surface area contributed by atoms with E-state index in [9.17, 15) is 0 Å². The molecule has 0 bridgehead atoms. The fourth-order valence-electron chi connectivity index (χ4n) is 5.15. The number of piperidine rings is 1. The number of aliphatic imine (C=N–C) groups is 1. The maximum atomic E-state index is 5.73. The van der Waals surface area contributed by atoms with Gasteiger partial charge >= 0.3 is 0 Å². The van der Waals surface area contributed by atoms with Crippen LogP contribution in [0.5, 0.6) is 0 Å². The minimum absolute atomic E-state index is 0. The zero-order chi connectivity index (χ0) is 21.0. The first-order valence-corrected chi connectivity index (χ1v) is 11.2. The lowest BCUT2D eigenvalue weighted by molar-refractivity contribution is 0.0508. The third-order valence-corrected chi connectivity index (χ3v) is 7.09. The Hall–Kier alpha value is -1.61. The van der Waals surface area contributed by atoms with E-state index in [0.29, 0.717) is 12.0 Å². The molecule has 2 aliphatic rings. The molecule has 0 spiro atoms. The summed E-state index contributed by atoms with van der Waals surface area (Å²) in [5, 5.41) is 3.75. The number of imidazole rings is 1. The van der Waals surface area contributed by atoms with Gasteiger partial charge in [0.05, 0.1) is 12.4 Å². The maximum Gasteiger partial charge on any atom is 0.193 e. The van der Waals surface area contributed by atoms with E-state index in [1.807, 2.05) is 19.6 Å². The zero-order valence-electron chi connectivity index (χ0n) is 19.0. The van der Waals surface area contributed by atoms with E-state index in [0.717, 1.165) is 58.1 Å². The summed E-state index contributed by atoms with van der Waals surface area (Å²) in [6, 6.07) is 9.24. The Kier molecular flexibility index (Phi) is 8.38. The number of guanidine groups is 1. The van der Waals surface area contributed by atoms with Gasteiger partial charge in [-0.05, 0) is 43.2 Å². The van der Waals surface area contributed by atoms with Gasteiger partial charge in [0.25, 0.3) is 0 Å². The van der Waals surface area contributed by atoms with Crippen LogP contribution >= 0.6 is 24.0 Å². The monoisotopic (exact) mass is 537 g/mol. The molecule has 2 atom stereocenters. The number of benzene rings is 1. The van der Waals surface area contributed by atoms with Crippen molar-refractivity contribution in [2.45, 2.75) is 44.6 Å². The summed E-state index contributed by atoms with van der Waals surface area (Å²) in [7, 11) is 1.90. The van der Waals surface area contributed by atoms with Crippen LogP contribution in [0.25, 0.3) is 0 Å². The summed E-state index contributed by atoms with van der Waals surface area (Å²) in [6.45, 7) is 9.08. The summed E-state index contributed by atoms with van der Waals surface area (Å²) in [6.07, 6.45) is 9.12. The van der Waals surface area contributed by atoms with E-state index >= 15 is 0 Å². The molecule has 4 rings (SSSR count). The number of likely N-dealkylation sites (tertiary alicyclic amines) is 1. The van der Waals surface area contributed by atoms with Crippen LogP contribution in [0.3, 0.4) is 0 Å². The number of nitrogens with zero attached hydrogens (tertiary/aromatic N) is 4. The van der Waals surface area contributed by atoms with Gasteiger partial charge in [-0.15, -0.1) is 24.0 Å². The summed E-state index contributed by atoms with van der Waals surface area (Å²) in [4.78, 5) is 11.3. The van der Waals surface area contributed by atoms with Crippen molar-refractivity contribution in [2.24, 2.45) is 10.9 Å². The highest BCUT2D eigenvalue weighted by Gasteiger charge is 2.36. The average Bonchev–Trinajstić information content (AvgIpc) is 3.31. The minimum Gasteiger partial charge on any atom is -0.381 e. The van der Waals surface area contributed by atoms with Gasteiger partial charge in [0.15, 0.2) is 5.96 Å². The van der Waals surface area contributed by atoms with E-state index in [-0.39, 0.29) is 29.4 Å². The second-order valence-corrected chi connectivity index (χ2v) is 8.90. The first-order valence-electron chi connectivity index (χ1n) is 11.2. The number of nitrogens with one attached hydrogen (secondary N) is 1. The Bertz CT molecular complexity index is 847. The number of hydrogen-bond donors (Lipinski definition) is 1. The summed E-state index contributed by atoms with van der Waals surface area (Å²) >= 11 is 0. The van der Waals surface area contributed by atoms with Crippen LogP contribution in [0, 0.1) is 12.8 Å². The Morgan fingerprint density at radius 2 is 2.06 bits per heavy atom. The van der Waals surface area contributed by atoms with Crippen LogP contribution < -0.4 is 5.32 Å². The molecule has 2 aromatic rings. The zero-order valence-corrected chi connectivity index (χ0v) is 21.3. The largest absolute Gasteiger partial charge is 0.381 e. The lowest BCUT2D eigenvalue weighted by atomic mass is 9.72. The van der Waals surface area contributed by atoms with E-state index in [4.69, 9.17) is 4.74 Å². The molecule has 31 heavy (non-hydrogen) atoms. The van der Waals surface area contributed by atoms with E-state index in [1.54, 1.807) is 0 Å². The van der Waals surface area contributed by atoms with Crippen LogP contribution in [-0.2, 0) is 10.2 Å². The van der Waals surface area contributed by atoms with Gasteiger partial charge in [-0.25, -0.2) is 4.98 Å². The molecule has 0 saturated carbocycles. The van der Waals surface area contributed by atoms with Gasteiger partial charge in [-0.1, -0.05) is 31.2 Å². The van der Waals surface area contributed by atoms with Crippen LogP contribution in [0.1, 0.15) is 43.4 Å². The molecular formula is C24H36IN5O. The second-order valence-electron chi connectivity index (χ2n) is 8.90. The topological polar surface area (TPSA) is 54.7 Å². The third-order valence-electron chi connectivity index (χ3n) is 7.09. The van der Waals surface area contributed by atoms with Crippen LogP contribution in [0.4, 0.5) is 0 Å². The average molecular weight is 537 g/mol. The Morgan fingerprint density at radius 3 is 2.74 bits per heavy atom. The van der Waals surface area contributed by atoms with Gasteiger partial charge in [0, 0.05) is 57.7 Å². The van der Waals surface area contributed by atoms with Crippen LogP contribution in [0.2, 0.25) is 0 Å². The fourth-order valence-corrected chi connectivity index (χ4v) is 5.15. The lowest BCUT2D eigenvalue weighted by Crippen LogP contribution is -2.52. The van der Waals surface area contributed by atoms with Gasteiger partial charge in [0.2, 0.25) is 0 Å². The van der Waals surface area contributed by atoms with Crippen molar-refractivity contribution in [3.63, 3.8) is 0 Å². The second kappa shape index (κ2) is 10.8. The van der Waals surface area contributed by atoms with Gasteiger partial charge in [-0.2, -0.15) is 0 Å². The number of ether oxygens (including phenoxy) is 1. The number of aryl methyl sites for hydroxylation is 1. The van der Waals surface area contributed by atoms with Crippen LogP contribution in [0.15, 0.2) is 48.0 Å². The molecule has 2 saturated heterocycles. The summed E-state index contributed by atoms with van der Waals surface area (Å²) in [5.74, 6) is 1.63. The molecule has 0 amide bonds. The number of rotatable bonds is 4. The minimum atomic E-state index is 0. The van der Waals surface area contributed by atoms with Crippen molar-refractivity contribution in [1.29, 1.82) is 0 Å². The van der Waals surface area contributed by atoms with Crippen molar-refractivity contribution in [3.05, 3.63) is 54.1 Å². The van der Waals surface area contributed by atoms with Gasteiger partial charge in [-0.3, -0.25) is 4.99 Å². The normalized spacial score (nSPS) is 23.8. The Labute approximate surface area is 203 Å².